The normalized spacial score (nSPS) is 12.1. The Kier molecular flexibility index (Phi) is 5.16. The summed E-state index contributed by atoms with van der Waals surface area (Å²) in [4.78, 5) is 18.2. The van der Waals surface area contributed by atoms with Crippen LogP contribution in [0.5, 0.6) is 5.88 Å². The van der Waals surface area contributed by atoms with Crippen LogP contribution in [0.3, 0.4) is 0 Å². The molecule has 0 fully saturated rings. The summed E-state index contributed by atoms with van der Waals surface area (Å²) in [5, 5.41) is 11.1. The van der Waals surface area contributed by atoms with Gasteiger partial charge in [0, 0.05) is 25.4 Å². The summed E-state index contributed by atoms with van der Waals surface area (Å²) >= 11 is 0.956. The molecule has 1 atom stereocenters. The molecule has 130 valence electrons. The largest absolute Gasteiger partial charge is 0.492 e. The third kappa shape index (κ3) is 3.42. The van der Waals surface area contributed by atoms with Crippen LogP contribution < -0.4 is 9.77 Å². The Morgan fingerprint density at radius 1 is 1.24 bits per heavy atom. The van der Waals surface area contributed by atoms with Gasteiger partial charge in [-0.2, -0.15) is 0 Å². The van der Waals surface area contributed by atoms with E-state index in [1.54, 1.807) is 18.1 Å². The lowest BCUT2D eigenvalue weighted by molar-refractivity contribution is 0.0348. The number of rotatable bonds is 6. The fraction of sp³-hybridized carbons (Fsp3) is 0.222. The number of ether oxygens (including phenoxy) is 1. The van der Waals surface area contributed by atoms with E-state index >= 15 is 0 Å². The molecule has 0 bridgehead atoms. The van der Waals surface area contributed by atoms with Crippen LogP contribution in [0, 0.1) is 0 Å². The van der Waals surface area contributed by atoms with Gasteiger partial charge in [0.2, 0.25) is 5.88 Å². The molecule has 0 aliphatic rings. The van der Waals surface area contributed by atoms with E-state index < -0.39 is 6.23 Å². The van der Waals surface area contributed by atoms with Gasteiger partial charge in [-0.1, -0.05) is 47.7 Å². The molecule has 6 nitrogen and oxygen atoms in total. The molecule has 7 heteroatoms. The maximum atomic E-state index is 12.6. The van der Waals surface area contributed by atoms with Gasteiger partial charge in [-0.25, -0.2) is 9.55 Å². The van der Waals surface area contributed by atoms with Crippen molar-refractivity contribution >= 4 is 22.2 Å². The highest BCUT2D eigenvalue weighted by atomic mass is 32.1. The van der Waals surface area contributed by atoms with Gasteiger partial charge >= 0.3 is 4.87 Å². The van der Waals surface area contributed by atoms with E-state index in [1.807, 2.05) is 55.5 Å². The van der Waals surface area contributed by atoms with E-state index in [2.05, 4.69) is 4.98 Å². The van der Waals surface area contributed by atoms with Crippen LogP contribution in [0.15, 0.2) is 59.5 Å². The number of benzene rings is 1. The van der Waals surface area contributed by atoms with Crippen LogP contribution in [-0.2, 0) is 4.74 Å². The number of hydrogen-bond acceptors (Lipinski definition) is 6. The SMILES string of the molecule is CCOC(c1ccccc1)n1c(O)c(N(C)c2ccccn2)sc1=O. The molecule has 1 N–H and O–H groups in total. The van der Waals surface area contributed by atoms with Gasteiger partial charge in [0.15, 0.2) is 11.2 Å². The number of aromatic hydroxyl groups is 1. The minimum Gasteiger partial charge on any atom is -0.492 e. The molecular weight excluding hydrogens is 338 g/mol. The molecule has 2 aromatic heterocycles. The standard InChI is InChI=1S/C18H19N3O3S/c1-3-24-16(13-9-5-4-6-10-13)21-15(22)17(25-18(21)23)20(2)14-11-7-8-12-19-14/h4-12,16,22H,3H2,1-2H3. The predicted octanol–water partition coefficient (Wildman–Crippen LogP) is 3.36. The van der Waals surface area contributed by atoms with Crippen molar-refractivity contribution in [1.82, 2.24) is 9.55 Å². The first-order valence-electron chi connectivity index (χ1n) is 7.89. The molecule has 0 spiro atoms. The topological polar surface area (TPSA) is 67.6 Å². The molecule has 1 unspecified atom stereocenters. The average molecular weight is 357 g/mol. The Balaban J connectivity index is 2.05. The monoisotopic (exact) mass is 357 g/mol. The van der Waals surface area contributed by atoms with Crippen LogP contribution in [0.1, 0.15) is 18.7 Å². The highest BCUT2D eigenvalue weighted by Gasteiger charge is 2.25. The third-order valence-corrected chi connectivity index (χ3v) is 4.76. The van der Waals surface area contributed by atoms with Crippen molar-refractivity contribution in [3.05, 3.63) is 70.0 Å². The molecule has 2 heterocycles. The van der Waals surface area contributed by atoms with Crippen LogP contribution in [0.25, 0.3) is 0 Å². The Morgan fingerprint density at radius 2 is 1.96 bits per heavy atom. The lowest BCUT2D eigenvalue weighted by atomic mass is 10.2. The fourth-order valence-corrected chi connectivity index (χ4v) is 3.41. The molecule has 1 aromatic carbocycles. The molecule has 0 aliphatic carbocycles. The zero-order chi connectivity index (χ0) is 17.8. The minimum atomic E-state index is -0.680. The van der Waals surface area contributed by atoms with Gasteiger partial charge in [0.05, 0.1) is 0 Å². The van der Waals surface area contributed by atoms with Gasteiger partial charge in [-0.3, -0.25) is 4.79 Å². The van der Waals surface area contributed by atoms with Gasteiger partial charge < -0.3 is 14.7 Å². The Labute approximate surface area is 149 Å². The summed E-state index contributed by atoms with van der Waals surface area (Å²) in [7, 11) is 1.76. The Hall–Kier alpha value is -2.64. The number of nitrogens with zero attached hydrogens (tertiary/aromatic N) is 3. The lowest BCUT2D eigenvalue weighted by Gasteiger charge is -2.20. The van der Waals surface area contributed by atoms with E-state index in [4.69, 9.17) is 4.74 Å². The van der Waals surface area contributed by atoms with Gasteiger partial charge in [-0.15, -0.1) is 0 Å². The summed E-state index contributed by atoms with van der Waals surface area (Å²) in [6.45, 7) is 2.26. The second-order valence-electron chi connectivity index (χ2n) is 5.33. The molecule has 0 saturated heterocycles. The van der Waals surface area contributed by atoms with Gasteiger partial charge in [0.1, 0.15) is 5.82 Å². The van der Waals surface area contributed by atoms with E-state index in [0.29, 0.717) is 17.4 Å². The molecule has 3 rings (SSSR count). The van der Waals surface area contributed by atoms with Gasteiger partial charge in [-0.05, 0) is 19.1 Å². The molecular formula is C18H19N3O3S. The third-order valence-electron chi connectivity index (χ3n) is 3.74. The maximum absolute atomic E-state index is 12.6. The second-order valence-corrected chi connectivity index (χ2v) is 6.27. The smallest absolute Gasteiger partial charge is 0.314 e. The van der Waals surface area contributed by atoms with E-state index in [-0.39, 0.29) is 10.8 Å². The van der Waals surface area contributed by atoms with E-state index in [9.17, 15) is 9.90 Å². The minimum absolute atomic E-state index is 0.134. The van der Waals surface area contributed by atoms with E-state index in [0.717, 1.165) is 16.9 Å². The molecule has 0 aliphatic heterocycles. The van der Waals surface area contributed by atoms with Crippen molar-refractivity contribution in [3.8, 4) is 5.88 Å². The highest BCUT2D eigenvalue weighted by Crippen LogP contribution is 2.36. The summed E-state index contributed by atoms with van der Waals surface area (Å²) < 4.78 is 7.03. The number of anilines is 2. The zero-order valence-corrected chi connectivity index (χ0v) is 14.8. The maximum Gasteiger partial charge on any atom is 0.314 e. The van der Waals surface area contributed by atoms with Crippen LogP contribution in [0.2, 0.25) is 0 Å². The van der Waals surface area contributed by atoms with Crippen LogP contribution in [0.4, 0.5) is 10.8 Å². The van der Waals surface area contributed by atoms with Crippen LogP contribution >= 0.6 is 11.3 Å². The summed E-state index contributed by atoms with van der Waals surface area (Å²) in [5.74, 6) is 0.504. The lowest BCUT2D eigenvalue weighted by Crippen LogP contribution is -2.23. The first kappa shape index (κ1) is 17.2. The molecule has 25 heavy (non-hydrogen) atoms. The fourth-order valence-electron chi connectivity index (χ4n) is 2.54. The Bertz CT molecular complexity index is 878. The summed E-state index contributed by atoms with van der Waals surface area (Å²) in [6, 6.07) is 14.8. The number of hydrogen-bond donors (Lipinski definition) is 1. The van der Waals surface area contributed by atoms with Crippen molar-refractivity contribution in [2.45, 2.75) is 13.2 Å². The first-order valence-corrected chi connectivity index (χ1v) is 8.70. The summed E-state index contributed by atoms with van der Waals surface area (Å²) in [6.07, 6.45) is 0.983. The summed E-state index contributed by atoms with van der Waals surface area (Å²) in [5.41, 5.74) is 0.798. The van der Waals surface area contributed by atoms with E-state index in [1.165, 1.54) is 4.57 Å². The molecule has 0 saturated carbocycles. The van der Waals surface area contributed by atoms with Crippen molar-refractivity contribution in [2.24, 2.45) is 0 Å². The molecule has 0 amide bonds. The Morgan fingerprint density at radius 3 is 2.60 bits per heavy atom. The van der Waals surface area contributed by atoms with Crippen molar-refractivity contribution in [2.75, 3.05) is 18.6 Å². The second kappa shape index (κ2) is 7.50. The molecule has 3 aromatic rings. The number of thiazole rings is 1. The van der Waals surface area contributed by atoms with Crippen molar-refractivity contribution in [1.29, 1.82) is 0 Å². The predicted molar refractivity (Wildman–Crippen MR) is 98.8 cm³/mol. The number of pyridine rings is 1. The van der Waals surface area contributed by atoms with Crippen LogP contribution in [-0.4, -0.2) is 28.3 Å². The van der Waals surface area contributed by atoms with Crippen molar-refractivity contribution < 1.29 is 9.84 Å². The number of aromatic nitrogens is 2. The first-order chi connectivity index (χ1) is 12.1. The quantitative estimate of drug-likeness (QED) is 0.733. The zero-order valence-electron chi connectivity index (χ0n) is 14.0. The van der Waals surface area contributed by atoms with Crippen molar-refractivity contribution in [3.63, 3.8) is 0 Å². The van der Waals surface area contributed by atoms with Gasteiger partial charge in [0.25, 0.3) is 0 Å². The highest BCUT2D eigenvalue weighted by molar-refractivity contribution is 7.14. The molecule has 0 radical (unpaired) electrons. The average Bonchev–Trinajstić information content (AvgIpc) is 2.95.